The summed E-state index contributed by atoms with van der Waals surface area (Å²) in [7, 11) is 0. The van der Waals surface area contributed by atoms with Crippen molar-refractivity contribution in [2.45, 2.75) is 6.92 Å². The summed E-state index contributed by atoms with van der Waals surface area (Å²) < 4.78 is 0. The van der Waals surface area contributed by atoms with Crippen molar-refractivity contribution in [3.63, 3.8) is 0 Å². The van der Waals surface area contributed by atoms with Gasteiger partial charge in [-0.15, -0.1) is 0 Å². The van der Waals surface area contributed by atoms with Crippen LogP contribution in [0.25, 0.3) is 10.9 Å². The van der Waals surface area contributed by atoms with E-state index >= 15 is 0 Å². The maximum Gasteiger partial charge on any atom is 0.102 e. The molecule has 1 aromatic heterocycles. The molecule has 0 amide bonds. The molecule has 0 saturated carbocycles. The van der Waals surface area contributed by atoms with E-state index in [1.807, 2.05) is 25.1 Å². The first-order chi connectivity index (χ1) is 5.38. The summed E-state index contributed by atoms with van der Waals surface area (Å²) >= 11 is 0. The van der Waals surface area contributed by atoms with Gasteiger partial charge in [-0.2, -0.15) is 24.3 Å². The molecule has 0 spiro atoms. The number of rotatable bonds is 0. The Morgan fingerprint density at radius 3 is 2.92 bits per heavy atom. The van der Waals surface area contributed by atoms with Gasteiger partial charge in [-0.05, 0) is 12.4 Å². The van der Waals surface area contributed by atoms with E-state index in [2.05, 4.69) is 16.0 Å². The predicted octanol–water partition coefficient (Wildman–Crippen LogP) is 1.74. The van der Waals surface area contributed by atoms with Crippen molar-refractivity contribution in [3.05, 3.63) is 36.3 Å². The minimum absolute atomic E-state index is 0. The van der Waals surface area contributed by atoms with E-state index in [-0.39, 0.29) is 32.7 Å². The van der Waals surface area contributed by atoms with Crippen LogP contribution in [0.2, 0.25) is 0 Å². The molecule has 0 aliphatic carbocycles. The van der Waals surface area contributed by atoms with Crippen LogP contribution < -0.4 is 0 Å². The molecule has 12 heavy (non-hydrogen) atoms. The number of aromatic nitrogens is 2. The summed E-state index contributed by atoms with van der Waals surface area (Å²) in [5.41, 5.74) is 1.98. The molecule has 0 saturated heterocycles. The van der Waals surface area contributed by atoms with Crippen LogP contribution in [0.15, 0.2) is 24.5 Å². The molecule has 1 radical (unpaired) electrons. The first-order valence-corrected chi connectivity index (χ1v) is 3.45. The fourth-order valence-corrected chi connectivity index (χ4v) is 1.08. The number of benzene rings is 1. The summed E-state index contributed by atoms with van der Waals surface area (Å²) in [6.07, 6.45) is 1.57. The summed E-state index contributed by atoms with van der Waals surface area (Å²) in [4.78, 5) is 8.18. The number of hydrogen-bond acceptors (Lipinski definition) is 2. The Morgan fingerprint density at radius 1 is 1.33 bits per heavy atom. The van der Waals surface area contributed by atoms with E-state index < -0.39 is 0 Å². The third-order valence-electron chi connectivity index (χ3n) is 1.68. The van der Waals surface area contributed by atoms with Gasteiger partial charge in [0.25, 0.3) is 0 Å². The first kappa shape index (κ1) is 9.75. The molecule has 1 heterocycles. The van der Waals surface area contributed by atoms with Gasteiger partial charge in [0.15, 0.2) is 0 Å². The maximum atomic E-state index is 4.10. The molecule has 3 heteroatoms. The molecule has 57 valence electrons. The van der Waals surface area contributed by atoms with Crippen LogP contribution >= 0.6 is 0 Å². The van der Waals surface area contributed by atoms with E-state index in [9.17, 15) is 0 Å². The number of nitrogens with zero attached hydrogens (tertiary/aromatic N) is 2. The molecule has 0 aliphatic rings. The van der Waals surface area contributed by atoms with E-state index in [0.717, 1.165) is 16.6 Å². The average molecular weight is 232 g/mol. The number of aryl methyl sites for hydroxylation is 1. The average Bonchev–Trinajstić information content (AvgIpc) is 2.06. The molecule has 1 aromatic carbocycles. The molecule has 0 atom stereocenters. The van der Waals surface area contributed by atoms with Crippen LogP contribution in [0.4, 0.5) is 0 Å². The fourth-order valence-electron chi connectivity index (χ4n) is 1.08. The summed E-state index contributed by atoms with van der Waals surface area (Å²) in [6, 6.07) is 8.69. The Morgan fingerprint density at radius 2 is 2.17 bits per heavy atom. The van der Waals surface area contributed by atoms with Crippen molar-refractivity contribution >= 4 is 10.9 Å². The smallest absolute Gasteiger partial charge is 0.102 e. The van der Waals surface area contributed by atoms with Crippen LogP contribution in [-0.4, -0.2) is 9.97 Å². The van der Waals surface area contributed by atoms with Crippen LogP contribution in [0, 0.1) is 13.0 Å². The van der Waals surface area contributed by atoms with Gasteiger partial charge in [0.2, 0.25) is 0 Å². The van der Waals surface area contributed by atoms with Crippen molar-refractivity contribution in [1.82, 2.24) is 9.97 Å². The third kappa shape index (κ3) is 1.70. The summed E-state index contributed by atoms with van der Waals surface area (Å²) in [5, 5.41) is 1.10. The van der Waals surface area contributed by atoms with Crippen LogP contribution in [0.1, 0.15) is 5.69 Å². The second kappa shape index (κ2) is 4.06. The van der Waals surface area contributed by atoms with Gasteiger partial charge in [0, 0.05) is 38.4 Å². The number of hydrogen-bond donors (Lipinski definition) is 0. The zero-order valence-corrected chi connectivity index (χ0v) is 9.62. The quantitative estimate of drug-likeness (QED) is 0.646. The van der Waals surface area contributed by atoms with Gasteiger partial charge in [0.1, 0.15) is 6.33 Å². The second-order valence-corrected chi connectivity index (χ2v) is 2.40. The zero-order chi connectivity index (χ0) is 7.68. The topological polar surface area (TPSA) is 25.8 Å². The second-order valence-electron chi connectivity index (χ2n) is 2.40. The number of fused-ring (bicyclic) bond motifs is 1. The zero-order valence-electron chi connectivity index (χ0n) is 6.78. The van der Waals surface area contributed by atoms with E-state index in [0.29, 0.717) is 0 Å². The SMILES string of the molecule is Cc1ncnc2c[c-]ccc12.[Y]. The van der Waals surface area contributed by atoms with Gasteiger partial charge in [-0.1, -0.05) is 5.39 Å². The Hall–Kier alpha value is -0.336. The van der Waals surface area contributed by atoms with Gasteiger partial charge in [-0.3, -0.25) is 0 Å². The van der Waals surface area contributed by atoms with Crippen LogP contribution in [0.3, 0.4) is 0 Å². The monoisotopic (exact) mass is 232 g/mol. The van der Waals surface area contributed by atoms with Crippen molar-refractivity contribution in [3.8, 4) is 0 Å². The van der Waals surface area contributed by atoms with Crippen molar-refractivity contribution < 1.29 is 32.7 Å². The Bertz CT molecular complexity index is 382. The summed E-state index contributed by atoms with van der Waals surface area (Å²) in [6.45, 7) is 1.98. The molecular weight excluding hydrogens is 225 g/mol. The van der Waals surface area contributed by atoms with Gasteiger partial charge in [0.05, 0.1) is 0 Å². The standard InChI is InChI=1S/C9H7N2.Y/c1-7-8-4-2-3-5-9(8)11-6-10-7;/h2,4-6H,1H3;/q-1;. The van der Waals surface area contributed by atoms with Crippen molar-refractivity contribution in [2.75, 3.05) is 0 Å². The molecule has 0 bridgehead atoms. The largest absolute Gasteiger partial charge is 0.302 e. The Labute approximate surface area is 96.3 Å². The van der Waals surface area contributed by atoms with Crippen molar-refractivity contribution in [1.29, 1.82) is 0 Å². The molecule has 0 N–H and O–H groups in total. The molecule has 0 fully saturated rings. The molecule has 2 nitrogen and oxygen atoms in total. The maximum absolute atomic E-state index is 4.10. The molecular formula is C9H7N2Y-. The normalized spacial score (nSPS) is 9.42. The van der Waals surface area contributed by atoms with E-state index in [4.69, 9.17) is 0 Å². The molecule has 0 aliphatic heterocycles. The Kier molecular flexibility index (Phi) is 3.30. The minimum atomic E-state index is 0. The van der Waals surface area contributed by atoms with Gasteiger partial charge in [-0.25, -0.2) is 4.98 Å². The van der Waals surface area contributed by atoms with Crippen LogP contribution in [0.5, 0.6) is 0 Å². The van der Waals surface area contributed by atoms with Gasteiger partial charge >= 0.3 is 0 Å². The van der Waals surface area contributed by atoms with E-state index in [1.165, 1.54) is 0 Å². The summed E-state index contributed by atoms with van der Waals surface area (Å²) in [5.74, 6) is 0. The van der Waals surface area contributed by atoms with E-state index in [1.54, 1.807) is 6.33 Å². The predicted molar refractivity (Wildman–Crippen MR) is 43.1 cm³/mol. The van der Waals surface area contributed by atoms with Gasteiger partial charge < -0.3 is 4.98 Å². The Balaban J connectivity index is 0.000000720. The van der Waals surface area contributed by atoms with Crippen LogP contribution in [-0.2, 0) is 32.7 Å². The first-order valence-electron chi connectivity index (χ1n) is 3.45. The molecule has 0 unspecified atom stereocenters. The fraction of sp³-hybridized carbons (Fsp3) is 0.111. The minimum Gasteiger partial charge on any atom is -0.302 e. The van der Waals surface area contributed by atoms with Crippen molar-refractivity contribution in [2.24, 2.45) is 0 Å². The third-order valence-corrected chi connectivity index (χ3v) is 1.68. The molecule has 2 rings (SSSR count). The molecule has 2 aromatic rings.